The fourth-order valence-corrected chi connectivity index (χ4v) is 2.42. The van der Waals surface area contributed by atoms with Gasteiger partial charge in [0.15, 0.2) is 0 Å². The molecule has 1 heterocycles. The van der Waals surface area contributed by atoms with Gasteiger partial charge in [0, 0.05) is 30.0 Å². The SMILES string of the molecule is CCN(CC1CCC1)C(=O)c1cncc(Br)c1. The molecule has 1 saturated carbocycles. The first-order valence-corrected chi connectivity index (χ1v) is 6.90. The summed E-state index contributed by atoms with van der Waals surface area (Å²) in [5, 5.41) is 0. The molecule has 1 aromatic rings. The summed E-state index contributed by atoms with van der Waals surface area (Å²) in [6.45, 7) is 3.69. The highest BCUT2D eigenvalue weighted by atomic mass is 79.9. The molecule has 0 aliphatic heterocycles. The molecule has 0 unspecified atom stereocenters. The van der Waals surface area contributed by atoms with Crippen LogP contribution in [0.5, 0.6) is 0 Å². The summed E-state index contributed by atoms with van der Waals surface area (Å²) in [6.07, 6.45) is 7.17. The fourth-order valence-electron chi connectivity index (χ4n) is 2.05. The van der Waals surface area contributed by atoms with E-state index in [-0.39, 0.29) is 5.91 Å². The Morgan fingerprint density at radius 1 is 1.53 bits per heavy atom. The molecule has 3 nitrogen and oxygen atoms in total. The second-order valence-corrected chi connectivity index (χ2v) is 5.45. The van der Waals surface area contributed by atoms with E-state index in [2.05, 4.69) is 20.9 Å². The van der Waals surface area contributed by atoms with Gasteiger partial charge in [-0.25, -0.2) is 0 Å². The second-order valence-electron chi connectivity index (χ2n) is 4.53. The molecule has 0 bridgehead atoms. The van der Waals surface area contributed by atoms with Crippen LogP contribution in [0.15, 0.2) is 22.9 Å². The quantitative estimate of drug-likeness (QED) is 0.855. The number of carbonyl (C=O) groups is 1. The van der Waals surface area contributed by atoms with E-state index in [4.69, 9.17) is 0 Å². The standard InChI is InChI=1S/C13H17BrN2O/c1-2-16(9-10-4-3-5-10)13(17)11-6-12(14)8-15-7-11/h6-8,10H,2-5,9H2,1H3. The molecule has 0 saturated heterocycles. The zero-order chi connectivity index (χ0) is 12.3. The molecule has 0 radical (unpaired) electrons. The molecule has 0 N–H and O–H groups in total. The van der Waals surface area contributed by atoms with E-state index >= 15 is 0 Å². The number of rotatable bonds is 4. The first-order valence-electron chi connectivity index (χ1n) is 6.10. The van der Waals surface area contributed by atoms with Gasteiger partial charge in [-0.2, -0.15) is 0 Å². The third-order valence-corrected chi connectivity index (χ3v) is 3.76. The van der Waals surface area contributed by atoms with Gasteiger partial charge in [-0.3, -0.25) is 9.78 Å². The van der Waals surface area contributed by atoms with Gasteiger partial charge in [0.05, 0.1) is 5.56 Å². The highest BCUT2D eigenvalue weighted by molar-refractivity contribution is 9.10. The van der Waals surface area contributed by atoms with Crippen molar-refractivity contribution < 1.29 is 4.79 Å². The van der Waals surface area contributed by atoms with Crippen LogP contribution in [-0.4, -0.2) is 28.9 Å². The second kappa shape index (κ2) is 5.63. The van der Waals surface area contributed by atoms with Gasteiger partial charge < -0.3 is 4.90 Å². The van der Waals surface area contributed by atoms with Crippen LogP contribution in [0, 0.1) is 5.92 Å². The maximum absolute atomic E-state index is 12.3. The van der Waals surface area contributed by atoms with E-state index in [1.807, 2.05) is 17.9 Å². The van der Waals surface area contributed by atoms with Gasteiger partial charge in [-0.05, 0) is 47.7 Å². The summed E-state index contributed by atoms with van der Waals surface area (Å²) in [4.78, 5) is 18.2. The van der Waals surface area contributed by atoms with Crippen LogP contribution in [0.4, 0.5) is 0 Å². The Bertz CT molecular complexity index is 404. The molecule has 1 aliphatic rings. The zero-order valence-corrected chi connectivity index (χ0v) is 11.6. The third kappa shape index (κ3) is 3.06. The van der Waals surface area contributed by atoms with Crippen LogP contribution in [0.1, 0.15) is 36.5 Å². The van der Waals surface area contributed by atoms with Crippen molar-refractivity contribution in [3.63, 3.8) is 0 Å². The molecule has 0 aromatic carbocycles. The molecule has 1 aliphatic carbocycles. The van der Waals surface area contributed by atoms with Gasteiger partial charge in [-0.1, -0.05) is 6.42 Å². The number of hydrogen-bond donors (Lipinski definition) is 0. The highest BCUT2D eigenvalue weighted by Crippen LogP contribution is 2.27. The fraction of sp³-hybridized carbons (Fsp3) is 0.538. The van der Waals surface area contributed by atoms with Crippen molar-refractivity contribution in [1.82, 2.24) is 9.88 Å². The van der Waals surface area contributed by atoms with Crippen LogP contribution in [-0.2, 0) is 0 Å². The summed E-state index contributed by atoms with van der Waals surface area (Å²) in [5.41, 5.74) is 0.667. The molecule has 17 heavy (non-hydrogen) atoms. The average Bonchev–Trinajstić information content (AvgIpc) is 2.27. The predicted octanol–water partition coefficient (Wildman–Crippen LogP) is 3.11. The number of amides is 1. The van der Waals surface area contributed by atoms with Crippen molar-refractivity contribution in [2.75, 3.05) is 13.1 Å². The van der Waals surface area contributed by atoms with Crippen molar-refractivity contribution >= 4 is 21.8 Å². The minimum Gasteiger partial charge on any atom is -0.339 e. The maximum atomic E-state index is 12.3. The highest BCUT2D eigenvalue weighted by Gasteiger charge is 2.23. The molecule has 0 atom stereocenters. The molecule has 1 fully saturated rings. The third-order valence-electron chi connectivity index (χ3n) is 3.32. The number of aromatic nitrogens is 1. The van der Waals surface area contributed by atoms with Crippen LogP contribution < -0.4 is 0 Å². The van der Waals surface area contributed by atoms with Crippen LogP contribution in [0.2, 0.25) is 0 Å². The van der Waals surface area contributed by atoms with E-state index < -0.39 is 0 Å². The van der Waals surface area contributed by atoms with Crippen molar-refractivity contribution in [2.45, 2.75) is 26.2 Å². The minimum atomic E-state index is 0.0909. The van der Waals surface area contributed by atoms with E-state index in [1.165, 1.54) is 19.3 Å². The van der Waals surface area contributed by atoms with Crippen LogP contribution >= 0.6 is 15.9 Å². The molecule has 2 rings (SSSR count). The van der Waals surface area contributed by atoms with Crippen molar-refractivity contribution in [3.05, 3.63) is 28.5 Å². The summed E-state index contributed by atoms with van der Waals surface area (Å²) in [7, 11) is 0. The first-order chi connectivity index (χ1) is 8.20. The topological polar surface area (TPSA) is 33.2 Å². The summed E-state index contributed by atoms with van der Waals surface area (Å²) < 4.78 is 0.850. The number of nitrogens with zero attached hydrogens (tertiary/aromatic N) is 2. The lowest BCUT2D eigenvalue weighted by Crippen LogP contribution is -2.37. The molecule has 1 aromatic heterocycles. The summed E-state index contributed by atoms with van der Waals surface area (Å²) >= 11 is 3.34. The zero-order valence-electron chi connectivity index (χ0n) is 10.0. The van der Waals surface area contributed by atoms with Gasteiger partial charge in [-0.15, -0.1) is 0 Å². The number of halogens is 1. The van der Waals surface area contributed by atoms with E-state index in [1.54, 1.807) is 12.4 Å². The molecule has 0 spiro atoms. The molecular weight excluding hydrogens is 280 g/mol. The van der Waals surface area contributed by atoms with Gasteiger partial charge in [0.25, 0.3) is 5.91 Å². The van der Waals surface area contributed by atoms with Crippen molar-refractivity contribution in [1.29, 1.82) is 0 Å². The van der Waals surface area contributed by atoms with E-state index in [0.717, 1.165) is 17.6 Å². The lowest BCUT2D eigenvalue weighted by Gasteiger charge is -2.31. The van der Waals surface area contributed by atoms with Crippen molar-refractivity contribution in [3.8, 4) is 0 Å². The lowest BCUT2D eigenvalue weighted by atomic mass is 9.85. The average molecular weight is 297 g/mol. The molecule has 4 heteroatoms. The maximum Gasteiger partial charge on any atom is 0.255 e. The Morgan fingerprint density at radius 2 is 2.29 bits per heavy atom. The van der Waals surface area contributed by atoms with E-state index in [9.17, 15) is 4.79 Å². The Kier molecular flexibility index (Phi) is 4.15. The Balaban J connectivity index is 2.05. The Labute approximate surface area is 110 Å². The lowest BCUT2D eigenvalue weighted by molar-refractivity contribution is 0.0706. The predicted molar refractivity (Wildman–Crippen MR) is 70.9 cm³/mol. The smallest absolute Gasteiger partial charge is 0.255 e. The summed E-state index contributed by atoms with van der Waals surface area (Å²) in [6, 6.07) is 1.83. The van der Waals surface area contributed by atoms with E-state index in [0.29, 0.717) is 11.5 Å². The molecule has 1 amide bonds. The Morgan fingerprint density at radius 3 is 2.82 bits per heavy atom. The normalized spacial score (nSPS) is 15.4. The van der Waals surface area contributed by atoms with Gasteiger partial charge in [0.2, 0.25) is 0 Å². The largest absolute Gasteiger partial charge is 0.339 e. The van der Waals surface area contributed by atoms with Crippen LogP contribution in [0.25, 0.3) is 0 Å². The monoisotopic (exact) mass is 296 g/mol. The summed E-state index contributed by atoms with van der Waals surface area (Å²) in [5.74, 6) is 0.798. The van der Waals surface area contributed by atoms with Gasteiger partial charge in [0.1, 0.15) is 0 Å². The number of carbonyl (C=O) groups excluding carboxylic acids is 1. The Hall–Kier alpha value is -0.900. The number of pyridine rings is 1. The van der Waals surface area contributed by atoms with Crippen molar-refractivity contribution in [2.24, 2.45) is 5.92 Å². The molecular formula is C13H17BrN2O. The van der Waals surface area contributed by atoms with Gasteiger partial charge >= 0.3 is 0 Å². The van der Waals surface area contributed by atoms with Crippen LogP contribution in [0.3, 0.4) is 0 Å². The number of hydrogen-bond acceptors (Lipinski definition) is 2. The molecule has 92 valence electrons. The first kappa shape index (κ1) is 12.6. The minimum absolute atomic E-state index is 0.0909.